The molecule has 0 spiro atoms. The Morgan fingerprint density at radius 1 is 0.750 bits per heavy atom. The van der Waals surface area contributed by atoms with E-state index in [-0.39, 0.29) is 11.8 Å². The second-order valence-electron chi connectivity index (χ2n) is 6.06. The largest absolute Gasteiger partial charge is 0.298 e. The number of carbonyl (C=O) groups excluding carboxylic acids is 1. The van der Waals surface area contributed by atoms with E-state index in [1.165, 1.54) is 0 Å². The number of hydrogen-bond acceptors (Lipinski definition) is 1. The maximum atomic E-state index is 13.4. The summed E-state index contributed by atoms with van der Waals surface area (Å²) in [5.74, 6) is 0.134. The predicted molar refractivity (Wildman–Crippen MR) is 102 cm³/mol. The van der Waals surface area contributed by atoms with Crippen molar-refractivity contribution in [3.63, 3.8) is 0 Å². The van der Waals surface area contributed by atoms with E-state index in [1.54, 1.807) is 0 Å². The van der Waals surface area contributed by atoms with Crippen molar-refractivity contribution >= 4 is 5.78 Å². The number of Topliss-reactive ketones (excluding diaryl/α,β-unsaturated/α-hetero) is 1. The van der Waals surface area contributed by atoms with Crippen molar-refractivity contribution in [2.75, 3.05) is 0 Å². The zero-order valence-electron chi connectivity index (χ0n) is 14.2. The lowest BCUT2D eigenvalue weighted by Crippen LogP contribution is -2.21. The van der Waals surface area contributed by atoms with Crippen LogP contribution in [0.25, 0.3) is 0 Å². The van der Waals surface area contributed by atoms with Crippen molar-refractivity contribution in [1.82, 2.24) is 0 Å². The van der Waals surface area contributed by atoms with Crippen LogP contribution in [0.3, 0.4) is 0 Å². The van der Waals surface area contributed by atoms with Crippen LogP contribution in [-0.4, -0.2) is 5.78 Å². The number of allylic oxidation sites excluding steroid dienone is 2. The minimum Gasteiger partial charge on any atom is -0.298 e. The van der Waals surface area contributed by atoms with Gasteiger partial charge in [-0.25, -0.2) is 0 Å². The maximum Gasteiger partial charge on any atom is 0.147 e. The highest BCUT2D eigenvalue weighted by Crippen LogP contribution is 2.32. The van der Waals surface area contributed by atoms with Crippen LogP contribution in [0.5, 0.6) is 0 Å². The smallest absolute Gasteiger partial charge is 0.147 e. The van der Waals surface area contributed by atoms with Crippen LogP contribution in [0.1, 0.15) is 48.6 Å². The Labute approximate surface area is 145 Å². The van der Waals surface area contributed by atoms with Crippen molar-refractivity contribution in [3.8, 4) is 0 Å². The highest BCUT2D eigenvalue weighted by atomic mass is 16.1. The van der Waals surface area contributed by atoms with Crippen molar-refractivity contribution in [3.05, 3.63) is 97.1 Å². The van der Waals surface area contributed by atoms with Crippen LogP contribution in [0.4, 0.5) is 0 Å². The summed E-state index contributed by atoms with van der Waals surface area (Å²) >= 11 is 0. The van der Waals surface area contributed by atoms with E-state index in [0.717, 1.165) is 36.8 Å². The molecule has 0 heterocycles. The fraction of sp³-hybridized carbons (Fsp3) is 0.261. The molecule has 1 nitrogen and oxygen atoms in total. The lowest BCUT2D eigenvalue weighted by Gasteiger charge is -2.23. The predicted octanol–water partition coefficient (Wildman–Crippen LogP) is 6.06. The molecule has 2 aromatic rings. The molecule has 0 radical (unpaired) electrons. The molecule has 0 aliphatic carbocycles. The average molecular weight is 318 g/mol. The third-order valence-electron chi connectivity index (χ3n) is 4.41. The fourth-order valence-electron chi connectivity index (χ4n) is 3.13. The number of benzene rings is 2. The summed E-state index contributed by atoms with van der Waals surface area (Å²) in [4.78, 5) is 13.4. The minimum absolute atomic E-state index is 0.0841. The van der Waals surface area contributed by atoms with E-state index in [0.29, 0.717) is 5.78 Å². The number of carbonyl (C=O) groups is 1. The second kappa shape index (κ2) is 9.67. The van der Waals surface area contributed by atoms with Gasteiger partial charge in [-0.15, -0.1) is 13.2 Å². The lowest BCUT2D eigenvalue weighted by atomic mass is 9.79. The molecule has 2 unspecified atom stereocenters. The van der Waals surface area contributed by atoms with Gasteiger partial charge in [0.2, 0.25) is 0 Å². The Bertz CT molecular complexity index is 585. The van der Waals surface area contributed by atoms with Crippen LogP contribution >= 0.6 is 0 Å². The van der Waals surface area contributed by atoms with E-state index in [1.807, 2.05) is 48.6 Å². The topological polar surface area (TPSA) is 17.1 Å². The van der Waals surface area contributed by atoms with E-state index >= 15 is 0 Å². The molecule has 0 bridgehead atoms. The molecule has 0 saturated heterocycles. The second-order valence-corrected chi connectivity index (χ2v) is 6.06. The van der Waals surface area contributed by atoms with Crippen LogP contribution in [0.2, 0.25) is 0 Å². The van der Waals surface area contributed by atoms with E-state index in [9.17, 15) is 4.79 Å². The van der Waals surface area contributed by atoms with Gasteiger partial charge in [0, 0.05) is 11.8 Å². The SMILES string of the molecule is C=CCCC(C(=O)C(CCC=C)c1ccccc1)c1ccccc1. The number of ketones is 1. The molecule has 2 rings (SSSR count). The molecule has 124 valence electrons. The average Bonchev–Trinajstić information content (AvgIpc) is 2.64. The summed E-state index contributed by atoms with van der Waals surface area (Å²) in [5, 5.41) is 0. The summed E-state index contributed by atoms with van der Waals surface area (Å²) in [5.41, 5.74) is 2.20. The Hall–Kier alpha value is -2.41. The van der Waals surface area contributed by atoms with Gasteiger partial charge in [0.15, 0.2) is 0 Å². The van der Waals surface area contributed by atoms with Gasteiger partial charge in [0.05, 0.1) is 0 Å². The van der Waals surface area contributed by atoms with Crippen LogP contribution in [0, 0.1) is 0 Å². The monoisotopic (exact) mass is 318 g/mol. The van der Waals surface area contributed by atoms with Crippen molar-refractivity contribution in [2.45, 2.75) is 37.5 Å². The molecule has 0 aliphatic heterocycles. The Morgan fingerprint density at radius 2 is 1.12 bits per heavy atom. The zero-order valence-corrected chi connectivity index (χ0v) is 14.2. The van der Waals surface area contributed by atoms with Crippen LogP contribution in [-0.2, 0) is 4.79 Å². The maximum absolute atomic E-state index is 13.4. The highest BCUT2D eigenvalue weighted by molar-refractivity contribution is 5.91. The van der Waals surface area contributed by atoms with Gasteiger partial charge in [0.25, 0.3) is 0 Å². The Morgan fingerprint density at radius 3 is 1.46 bits per heavy atom. The van der Waals surface area contributed by atoms with Gasteiger partial charge >= 0.3 is 0 Å². The normalized spacial score (nSPS) is 13.0. The molecule has 0 saturated carbocycles. The molecule has 0 N–H and O–H groups in total. The van der Waals surface area contributed by atoms with Gasteiger partial charge in [-0.3, -0.25) is 4.79 Å². The molecule has 0 amide bonds. The molecule has 2 atom stereocenters. The fourth-order valence-corrected chi connectivity index (χ4v) is 3.13. The van der Waals surface area contributed by atoms with Gasteiger partial charge in [-0.2, -0.15) is 0 Å². The first-order valence-corrected chi connectivity index (χ1v) is 8.63. The first kappa shape index (κ1) is 17.9. The first-order valence-electron chi connectivity index (χ1n) is 8.63. The van der Waals surface area contributed by atoms with E-state index in [2.05, 4.69) is 37.4 Å². The third-order valence-corrected chi connectivity index (χ3v) is 4.41. The Balaban J connectivity index is 2.32. The van der Waals surface area contributed by atoms with Crippen LogP contribution in [0.15, 0.2) is 86.0 Å². The van der Waals surface area contributed by atoms with Crippen molar-refractivity contribution in [2.24, 2.45) is 0 Å². The first-order chi connectivity index (χ1) is 11.8. The highest BCUT2D eigenvalue weighted by Gasteiger charge is 2.28. The standard InChI is InChI=1S/C23H26O/c1-3-5-17-21(19-13-9-7-10-14-19)23(24)22(18-6-4-2)20-15-11-8-12-16-20/h3-4,7-16,21-22H,1-2,5-6,17-18H2. The zero-order chi connectivity index (χ0) is 17.2. The molecular formula is C23H26O. The summed E-state index contributed by atoms with van der Waals surface area (Å²) in [7, 11) is 0. The molecule has 0 aliphatic rings. The summed E-state index contributed by atoms with van der Waals surface area (Å²) < 4.78 is 0. The molecular weight excluding hydrogens is 292 g/mol. The van der Waals surface area contributed by atoms with Gasteiger partial charge < -0.3 is 0 Å². The molecule has 2 aromatic carbocycles. The molecule has 0 fully saturated rings. The lowest BCUT2D eigenvalue weighted by molar-refractivity contribution is -0.122. The van der Waals surface area contributed by atoms with E-state index in [4.69, 9.17) is 0 Å². The summed E-state index contributed by atoms with van der Waals surface area (Å²) in [6.45, 7) is 7.63. The van der Waals surface area contributed by atoms with Gasteiger partial charge in [-0.05, 0) is 36.8 Å². The third kappa shape index (κ3) is 4.79. The van der Waals surface area contributed by atoms with Gasteiger partial charge in [0.1, 0.15) is 5.78 Å². The quantitative estimate of drug-likeness (QED) is 0.487. The molecule has 1 heteroatoms. The molecule has 24 heavy (non-hydrogen) atoms. The van der Waals surface area contributed by atoms with Crippen molar-refractivity contribution < 1.29 is 4.79 Å². The number of hydrogen-bond donors (Lipinski definition) is 0. The van der Waals surface area contributed by atoms with E-state index < -0.39 is 0 Å². The summed E-state index contributed by atoms with van der Waals surface area (Å²) in [6, 6.07) is 20.2. The summed E-state index contributed by atoms with van der Waals surface area (Å²) in [6.07, 6.45) is 7.09. The minimum atomic E-state index is -0.0841. The van der Waals surface area contributed by atoms with Crippen molar-refractivity contribution in [1.29, 1.82) is 0 Å². The number of rotatable bonds is 10. The Kier molecular flexibility index (Phi) is 7.22. The molecule has 0 aromatic heterocycles. The van der Waals surface area contributed by atoms with Gasteiger partial charge in [-0.1, -0.05) is 72.8 Å². The van der Waals surface area contributed by atoms with Crippen LogP contribution < -0.4 is 0 Å².